The van der Waals surface area contributed by atoms with Gasteiger partial charge in [0.05, 0.1) is 4.92 Å². The summed E-state index contributed by atoms with van der Waals surface area (Å²) in [5.74, 6) is 0. The highest BCUT2D eigenvalue weighted by atomic mass is 35.7. The third-order valence-corrected chi connectivity index (χ3v) is 2.05. The van der Waals surface area contributed by atoms with Crippen molar-refractivity contribution >= 4 is 25.6 Å². The van der Waals surface area contributed by atoms with Gasteiger partial charge < -0.3 is 0 Å². The maximum atomic E-state index is 10.5. The highest BCUT2D eigenvalue weighted by Gasteiger charge is 2.15. The predicted octanol–water partition coefficient (Wildman–Crippen LogP) is 0.123. The summed E-state index contributed by atoms with van der Waals surface area (Å²) in [5, 5.41) is 13.2. The first-order valence-electron chi connectivity index (χ1n) is 2.55. The molecule has 12 heavy (non-hydrogen) atoms. The molecule has 0 fully saturated rings. The van der Waals surface area contributed by atoms with Crippen molar-refractivity contribution in [3.8, 4) is 0 Å². The van der Waals surface area contributed by atoms with Crippen molar-refractivity contribution in [3.05, 3.63) is 22.5 Å². The zero-order valence-electron chi connectivity index (χ0n) is 5.42. The third-order valence-electron chi connectivity index (χ3n) is 0.981. The lowest BCUT2D eigenvalue weighted by atomic mass is 10.6. The molecule has 0 spiro atoms. The Morgan fingerprint density at radius 1 is 1.67 bits per heavy atom. The number of hydrogen-bond acceptors (Lipinski definition) is 5. The fourth-order valence-electron chi connectivity index (χ4n) is 0.509. The molecule has 1 aromatic heterocycles. The van der Waals surface area contributed by atoms with Crippen molar-refractivity contribution < 1.29 is 13.3 Å². The van der Waals surface area contributed by atoms with E-state index in [2.05, 4.69) is 5.10 Å². The summed E-state index contributed by atoms with van der Waals surface area (Å²) in [4.78, 5) is 9.28. The summed E-state index contributed by atoms with van der Waals surface area (Å²) in [7, 11) is 0.784. The quantitative estimate of drug-likeness (QED) is 0.393. The summed E-state index contributed by atoms with van der Waals surface area (Å²) in [5.41, 5.74) is -0.431. The summed E-state index contributed by atoms with van der Waals surface area (Å²) in [6.45, 7) is 0. The first-order valence-corrected chi connectivity index (χ1v) is 4.82. The fraction of sp³-hybridized carbons (Fsp3) is 0. The van der Waals surface area contributed by atoms with Crippen LogP contribution >= 0.6 is 10.7 Å². The molecule has 0 unspecified atom stereocenters. The Morgan fingerprint density at radius 2 is 2.25 bits per heavy atom. The van der Waals surface area contributed by atoms with E-state index in [9.17, 15) is 18.5 Å². The molecule has 0 atom stereocenters. The van der Waals surface area contributed by atoms with Gasteiger partial charge in [-0.05, 0) is 0 Å². The van der Waals surface area contributed by atoms with Gasteiger partial charge >= 0.3 is 14.9 Å². The van der Waals surface area contributed by atoms with E-state index in [-0.39, 0.29) is 0 Å². The number of halogens is 1. The Balaban J connectivity index is 3.17. The molecule has 9 heteroatoms. The van der Waals surface area contributed by atoms with Crippen molar-refractivity contribution in [3.63, 3.8) is 0 Å². The van der Waals surface area contributed by atoms with Crippen molar-refractivity contribution in [2.75, 3.05) is 0 Å². The molecule has 0 saturated heterocycles. The number of nitro groups is 1. The van der Waals surface area contributed by atoms with Crippen LogP contribution in [0.2, 0.25) is 0 Å². The smallest absolute Gasteiger partial charge is 0.258 e. The second-order valence-corrected chi connectivity index (χ2v) is 4.14. The minimum atomic E-state index is -4.04. The second kappa shape index (κ2) is 2.72. The molecule has 0 amide bonds. The van der Waals surface area contributed by atoms with Gasteiger partial charge in [0, 0.05) is 10.7 Å². The first-order chi connectivity index (χ1) is 5.41. The Hall–Kier alpha value is -1.15. The normalized spacial score (nSPS) is 11.4. The van der Waals surface area contributed by atoms with Crippen LogP contribution in [-0.2, 0) is 9.24 Å². The average Bonchev–Trinajstić information content (AvgIpc) is 2.30. The molecule has 0 aliphatic carbocycles. The molecular weight excluding hydrogens is 210 g/mol. The molecule has 66 valence electrons. The number of rotatable bonds is 2. The van der Waals surface area contributed by atoms with Crippen LogP contribution in [0.1, 0.15) is 0 Å². The standard InChI is InChI=1S/C3H2ClN3O4S/c4-12(10,11)6-2-3(1-5-6)7(8)9/h1-2H. The minimum absolute atomic E-state index is 0.312. The van der Waals surface area contributed by atoms with Crippen LogP contribution in [0.3, 0.4) is 0 Å². The van der Waals surface area contributed by atoms with Crippen molar-refractivity contribution in [2.24, 2.45) is 0 Å². The Morgan fingerprint density at radius 3 is 2.50 bits per heavy atom. The molecule has 0 bridgehead atoms. The first kappa shape index (κ1) is 8.94. The van der Waals surface area contributed by atoms with E-state index in [0.29, 0.717) is 10.3 Å². The van der Waals surface area contributed by atoms with Crippen LogP contribution in [0.15, 0.2) is 12.4 Å². The average molecular weight is 212 g/mol. The van der Waals surface area contributed by atoms with E-state index in [1.807, 2.05) is 0 Å². The van der Waals surface area contributed by atoms with Crippen LogP contribution in [-0.4, -0.2) is 22.5 Å². The minimum Gasteiger partial charge on any atom is -0.258 e. The van der Waals surface area contributed by atoms with E-state index in [0.717, 1.165) is 6.20 Å². The Labute approximate surface area is 71.3 Å². The fourth-order valence-corrected chi connectivity index (χ4v) is 1.13. The maximum absolute atomic E-state index is 10.5. The van der Waals surface area contributed by atoms with Crippen molar-refractivity contribution in [2.45, 2.75) is 0 Å². The van der Waals surface area contributed by atoms with Gasteiger partial charge in [-0.1, -0.05) is 0 Å². The topological polar surface area (TPSA) is 95.1 Å². The molecule has 0 aliphatic rings. The van der Waals surface area contributed by atoms with Gasteiger partial charge in [-0.2, -0.15) is 13.5 Å². The number of hydrogen-bond donors (Lipinski definition) is 0. The molecule has 0 radical (unpaired) electrons. The van der Waals surface area contributed by atoms with Gasteiger partial charge in [-0.25, -0.2) is 0 Å². The van der Waals surface area contributed by atoms with Gasteiger partial charge in [-0.15, -0.1) is 4.09 Å². The van der Waals surface area contributed by atoms with E-state index in [1.54, 1.807) is 0 Å². The molecule has 1 aromatic rings. The molecule has 1 rings (SSSR count). The van der Waals surface area contributed by atoms with E-state index in [4.69, 9.17) is 10.7 Å². The van der Waals surface area contributed by atoms with Gasteiger partial charge in [0.2, 0.25) is 0 Å². The summed E-state index contributed by atoms with van der Waals surface area (Å²) in [6, 6.07) is 0. The largest absolute Gasteiger partial charge is 0.340 e. The lowest BCUT2D eigenvalue weighted by molar-refractivity contribution is -0.384. The lowest BCUT2D eigenvalue weighted by Gasteiger charge is -1.89. The summed E-state index contributed by atoms with van der Waals surface area (Å²) in [6.07, 6.45) is 1.50. The van der Waals surface area contributed by atoms with Crippen molar-refractivity contribution in [1.29, 1.82) is 0 Å². The van der Waals surface area contributed by atoms with Gasteiger partial charge in [0.25, 0.3) is 0 Å². The Bertz CT molecular complexity index is 409. The molecule has 1 heterocycles. The Kier molecular flexibility index (Phi) is 2.02. The predicted molar refractivity (Wildman–Crippen MR) is 39.1 cm³/mol. The highest BCUT2D eigenvalue weighted by molar-refractivity contribution is 8.12. The van der Waals surface area contributed by atoms with E-state index < -0.39 is 19.8 Å². The zero-order chi connectivity index (χ0) is 9.35. The SMILES string of the molecule is O=[N+]([O-])c1cnn(S(=O)(=O)Cl)c1. The maximum Gasteiger partial charge on any atom is 0.340 e. The van der Waals surface area contributed by atoms with Crippen LogP contribution < -0.4 is 0 Å². The zero-order valence-corrected chi connectivity index (χ0v) is 6.99. The molecule has 0 aliphatic heterocycles. The van der Waals surface area contributed by atoms with Crippen molar-refractivity contribution in [1.82, 2.24) is 9.19 Å². The van der Waals surface area contributed by atoms with E-state index in [1.165, 1.54) is 0 Å². The van der Waals surface area contributed by atoms with Crippen LogP contribution in [0.4, 0.5) is 5.69 Å². The summed E-state index contributed by atoms with van der Waals surface area (Å²) < 4.78 is 21.3. The van der Waals surface area contributed by atoms with Gasteiger partial charge in [-0.3, -0.25) is 10.1 Å². The van der Waals surface area contributed by atoms with E-state index >= 15 is 0 Å². The van der Waals surface area contributed by atoms with Gasteiger partial charge in [0.15, 0.2) is 0 Å². The monoisotopic (exact) mass is 211 g/mol. The number of aromatic nitrogens is 2. The lowest BCUT2D eigenvalue weighted by Crippen LogP contribution is -2.04. The van der Waals surface area contributed by atoms with Crippen LogP contribution in [0.25, 0.3) is 0 Å². The van der Waals surface area contributed by atoms with Gasteiger partial charge in [0.1, 0.15) is 12.4 Å². The highest BCUT2D eigenvalue weighted by Crippen LogP contribution is 2.11. The summed E-state index contributed by atoms with van der Waals surface area (Å²) >= 11 is 0. The molecule has 7 nitrogen and oxygen atoms in total. The third kappa shape index (κ3) is 1.71. The van der Waals surface area contributed by atoms with Crippen LogP contribution in [0.5, 0.6) is 0 Å². The second-order valence-electron chi connectivity index (χ2n) is 1.77. The number of nitrogens with zero attached hydrogens (tertiary/aromatic N) is 3. The molecule has 0 N–H and O–H groups in total. The van der Waals surface area contributed by atoms with Crippen LogP contribution in [0, 0.1) is 10.1 Å². The molecular formula is C3H2ClN3O4S. The molecule has 0 aromatic carbocycles. The molecule has 0 saturated carbocycles.